The minimum atomic E-state index is -4.89. The summed E-state index contributed by atoms with van der Waals surface area (Å²) in [6.45, 7) is 0. The predicted octanol–water partition coefficient (Wildman–Crippen LogP) is 3.52. The summed E-state index contributed by atoms with van der Waals surface area (Å²) in [6.07, 6.45) is -1.92. The third-order valence-corrected chi connectivity index (χ3v) is 2.89. The molecule has 0 bridgehead atoms. The van der Waals surface area contributed by atoms with Gasteiger partial charge in [-0.15, -0.1) is 13.2 Å². The van der Waals surface area contributed by atoms with Gasteiger partial charge in [0.15, 0.2) is 11.6 Å². The van der Waals surface area contributed by atoms with E-state index in [4.69, 9.17) is 5.73 Å². The Hall–Kier alpha value is -1.30. The first kappa shape index (κ1) is 13.1. The Balaban J connectivity index is 2.08. The average Bonchev–Trinajstić information content (AvgIpc) is 3.03. The van der Waals surface area contributed by atoms with Crippen LogP contribution in [0.2, 0.25) is 0 Å². The summed E-state index contributed by atoms with van der Waals surface area (Å²) in [7, 11) is 0. The van der Waals surface area contributed by atoms with Gasteiger partial charge in [0.25, 0.3) is 0 Å². The summed E-state index contributed by atoms with van der Waals surface area (Å²) in [4.78, 5) is 0. The zero-order valence-electron chi connectivity index (χ0n) is 9.51. The number of ether oxygens (including phenoxy) is 1. The molecule has 0 spiro atoms. The van der Waals surface area contributed by atoms with Crippen LogP contribution in [-0.2, 0) is 0 Å². The third-order valence-electron chi connectivity index (χ3n) is 2.89. The quantitative estimate of drug-likeness (QED) is 0.843. The summed E-state index contributed by atoms with van der Waals surface area (Å²) >= 11 is 0. The highest BCUT2D eigenvalue weighted by Gasteiger charge is 2.32. The van der Waals surface area contributed by atoms with E-state index in [9.17, 15) is 17.6 Å². The Kier molecular flexibility index (Phi) is 3.47. The summed E-state index contributed by atoms with van der Waals surface area (Å²) in [6, 6.07) is 3.00. The maximum Gasteiger partial charge on any atom is 0.573 e. The minimum Gasteiger partial charge on any atom is -0.403 e. The van der Waals surface area contributed by atoms with Crippen LogP contribution >= 0.6 is 0 Å². The standard InChI is InChI=1S/C12H13F4NO/c13-9-6-8(10(17)5-7-1-2-7)3-4-11(9)18-12(14,15)16/h3-4,6-7,10H,1-2,5,17H2/t10-/m1/s1. The fraction of sp³-hybridized carbons (Fsp3) is 0.500. The molecular weight excluding hydrogens is 250 g/mol. The van der Waals surface area contributed by atoms with E-state index in [2.05, 4.69) is 4.74 Å². The molecule has 18 heavy (non-hydrogen) atoms. The van der Waals surface area contributed by atoms with Crippen LogP contribution in [0.15, 0.2) is 18.2 Å². The highest BCUT2D eigenvalue weighted by atomic mass is 19.4. The Morgan fingerprint density at radius 2 is 2.00 bits per heavy atom. The Labute approximate surface area is 102 Å². The maximum atomic E-state index is 13.4. The highest BCUT2D eigenvalue weighted by Crippen LogP contribution is 2.37. The number of benzene rings is 1. The zero-order chi connectivity index (χ0) is 13.3. The molecule has 6 heteroatoms. The van der Waals surface area contributed by atoms with Crippen molar-refractivity contribution in [1.82, 2.24) is 0 Å². The molecule has 1 saturated carbocycles. The lowest BCUT2D eigenvalue weighted by atomic mass is 10.0. The fourth-order valence-corrected chi connectivity index (χ4v) is 1.80. The molecule has 0 aliphatic heterocycles. The van der Waals surface area contributed by atoms with Crippen molar-refractivity contribution in [2.24, 2.45) is 11.7 Å². The molecule has 0 radical (unpaired) electrons. The summed E-state index contributed by atoms with van der Waals surface area (Å²) in [5, 5.41) is 0. The third kappa shape index (κ3) is 3.60. The predicted molar refractivity (Wildman–Crippen MR) is 57.4 cm³/mol. The molecule has 0 saturated heterocycles. The second-order valence-electron chi connectivity index (χ2n) is 4.52. The lowest BCUT2D eigenvalue weighted by Gasteiger charge is -2.14. The van der Waals surface area contributed by atoms with Crippen molar-refractivity contribution in [2.45, 2.75) is 31.7 Å². The fourth-order valence-electron chi connectivity index (χ4n) is 1.80. The van der Waals surface area contributed by atoms with Crippen LogP contribution in [0.4, 0.5) is 17.6 Å². The Bertz CT molecular complexity index is 429. The molecule has 2 N–H and O–H groups in total. The number of alkyl halides is 3. The van der Waals surface area contributed by atoms with Crippen LogP contribution < -0.4 is 10.5 Å². The van der Waals surface area contributed by atoms with E-state index >= 15 is 0 Å². The van der Waals surface area contributed by atoms with Crippen molar-refractivity contribution in [2.75, 3.05) is 0 Å². The molecule has 0 heterocycles. The van der Waals surface area contributed by atoms with Gasteiger partial charge in [-0.05, 0) is 30.0 Å². The van der Waals surface area contributed by atoms with Gasteiger partial charge in [0.1, 0.15) is 0 Å². The highest BCUT2D eigenvalue weighted by molar-refractivity contribution is 5.31. The largest absolute Gasteiger partial charge is 0.573 e. The van der Waals surface area contributed by atoms with E-state index in [1.807, 2.05) is 0 Å². The molecule has 1 aliphatic rings. The van der Waals surface area contributed by atoms with Gasteiger partial charge in [-0.3, -0.25) is 0 Å². The minimum absolute atomic E-state index is 0.341. The number of hydrogen-bond donors (Lipinski definition) is 1. The smallest absolute Gasteiger partial charge is 0.403 e. The molecule has 0 amide bonds. The van der Waals surface area contributed by atoms with Crippen LogP contribution in [0.1, 0.15) is 30.9 Å². The van der Waals surface area contributed by atoms with E-state index in [1.165, 1.54) is 6.07 Å². The molecule has 0 aromatic heterocycles. The topological polar surface area (TPSA) is 35.2 Å². The second-order valence-corrected chi connectivity index (χ2v) is 4.52. The van der Waals surface area contributed by atoms with Gasteiger partial charge in [-0.25, -0.2) is 4.39 Å². The van der Waals surface area contributed by atoms with Crippen molar-refractivity contribution in [3.8, 4) is 5.75 Å². The molecule has 2 nitrogen and oxygen atoms in total. The van der Waals surface area contributed by atoms with Gasteiger partial charge in [0.05, 0.1) is 0 Å². The van der Waals surface area contributed by atoms with Gasteiger partial charge in [0.2, 0.25) is 0 Å². The second kappa shape index (κ2) is 4.76. The normalized spacial score (nSPS) is 17.6. The van der Waals surface area contributed by atoms with Gasteiger partial charge >= 0.3 is 6.36 Å². The van der Waals surface area contributed by atoms with Crippen LogP contribution in [0, 0.1) is 11.7 Å². The number of nitrogens with two attached hydrogens (primary N) is 1. The molecule has 1 fully saturated rings. The van der Waals surface area contributed by atoms with Crippen LogP contribution in [-0.4, -0.2) is 6.36 Å². The van der Waals surface area contributed by atoms with Gasteiger partial charge in [-0.2, -0.15) is 0 Å². The van der Waals surface area contributed by atoms with Crippen molar-refractivity contribution < 1.29 is 22.3 Å². The molecule has 0 unspecified atom stereocenters. The van der Waals surface area contributed by atoms with E-state index < -0.39 is 17.9 Å². The van der Waals surface area contributed by atoms with Crippen LogP contribution in [0.3, 0.4) is 0 Å². The SMILES string of the molecule is N[C@H](CC1CC1)c1ccc(OC(F)(F)F)c(F)c1. The van der Waals surface area contributed by atoms with Crippen molar-refractivity contribution >= 4 is 0 Å². The molecule has 1 aromatic carbocycles. The number of hydrogen-bond acceptors (Lipinski definition) is 2. The molecule has 1 atom stereocenters. The van der Waals surface area contributed by atoms with E-state index in [0.717, 1.165) is 31.4 Å². The lowest BCUT2D eigenvalue weighted by Crippen LogP contribution is -2.18. The van der Waals surface area contributed by atoms with E-state index in [-0.39, 0.29) is 6.04 Å². The maximum absolute atomic E-state index is 13.4. The van der Waals surface area contributed by atoms with Crippen molar-refractivity contribution in [1.29, 1.82) is 0 Å². The molecular formula is C12H13F4NO. The van der Waals surface area contributed by atoms with E-state index in [1.54, 1.807) is 0 Å². The van der Waals surface area contributed by atoms with Gasteiger partial charge < -0.3 is 10.5 Å². The molecule has 100 valence electrons. The Morgan fingerprint density at radius 3 is 2.50 bits per heavy atom. The van der Waals surface area contributed by atoms with Gasteiger partial charge in [-0.1, -0.05) is 18.9 Å². The summed E-state index contributed by atoms with van der Waals surface area (Å²) in [5.41, 5.74) is 6.35. The summed E-state index contributed by atoms with van der Waals surface area (Å²) in [5.74, 6) is -1.31. The lowest BCUT2D eigenvalue weighted by molar-refractivity contribution is -0.275. The molecule has 2 rings (SSSR count). The summed E-state index contributed by atoms with van der Waals surface area (Å²) < 4.78 is 52.8. The first-order valence-electron chi connectivity index (χ1n) is 5.66. The monoisotopic (exact) mass is 263 g/mol. The first-order chi connectivity index (χ1) is 8.35. The van der Waals surface area contributed by atoms with Crippen molar-refractivity contribution in [3.63, 3.8) is 0 Å². The van der Waals surface area contributed by atoms with Crippen molar-refractivity contribution in [3.05, 3.63) is 29.6 Å². The van der Waals surface area contributed by atoms with Gasteiger partial charge in [0, 0.05) is 6.04 Å². The number of halogens is 4. The zero-order valence-corrected chi connectivity index (χ0v) is 9.51. The molecule has 1 aliphatic carbocycles. The van der Waals surface area contributed by atoms with E-state index in [0.29, 0.717) is 11.5 Å². The van der Waals surface area contributed by atoms with Crippen LogP contribution in [0.25, 0.3) is 0 Å². The number of rotatable bonds is 4. The Morgan fingerprint density at radius 1 is 1.33 bits per heavy atom. The first-order valence-corrected chi connectivity index (χ1v) is 5.66. The van der Waals surface area contributed by atoms with Crippen LogP contribution in [0.5, 0.6) is 5.75 Å². The average molecular weight is 263 g/mol. The molecule has 1 aromatic rings.